The number of carbonyl (C=O) groups excluding carboxylic acids is 1. The molecule has 2 nitrogen and oxygen atoms in total. The van der Waals surface area contributed by atoms with Gasteiger partial charge in [-0.1, -0.05) is 27.4 Å². The largest absolute Gasteiger partial charge is 0.514 e. The van der Waals surface area contributed by atoms with Gasteiger partial charge >= 0.3 is 5.97 Å². The van der Waals surface area contributed by atoms with Gasteiger partial charge < -0.3 is 4.43 Å². The molecule has 0 bridgehead atoms. The maximum absolute atomic E-state index is 11.0. The fraction of sp³-hybridized carbons (Fsp3) is 0.556. The molecule has 3 heteroatoms. The molecule has 67 valence electrons. The lowest BCUT2D eigenvalue weighted by Crippen LogP contribution is -2.23. The van der Waals surface area contributed by atoms with Crippen LogP contribution in [0.5, 0.6) is 0 Å². The third-order valence-electron chi connectivity index (χ3n) is 1.44. The zero-order valence-electron chi connectivity index (χ0n) is 7.89. The van der Waals surface area contributed by atoms with Crippen LogP contribution in [0.15, 0.2) is 18.4 Å². The van der Waals surface area contributed by atoms with Crippen molar-refractivity contribution in [1.29, 1.82) is 0 Å². The second-order valence-electron chi connectivity index (χ2n) is 2.74. The summed E-state index contributed by atoms with van der Waals surface area (Å²) < 4.78 is 5.21. The van der Waals surface area contributed by atoms with Crippen LogP contribution < -0.4 is 0 Å². The Bertz CT molecular complexity index is 193. The molecule has 0 N–H and O–H groups in total. The highest BCUT2D eigenvalue weighted by molar-refractivity contribution is 6.55. The van der Waals surface area contributed by atoms with Gasteiger partial charge in [-0.05, 0) is 11.6 Å². The summed E-state index contributed by atoms with van der Waals surface area (Å²) in [6, 6.07) is 0.944. The van der Waals surface area contributed by atoms with Crippen molar-refractivity contribution in [3.63, 3.8) is 0 Å². The molecule has 0 aliphatic heterocycles. The van der Waals surface area contributed by atoms with E-state index in [2.05, 4.69) is 26.2 Å². The van der Waals surface area contributed by atoms with Crippen LogP contribution in [0, 0.1) is 0 Å². The van der Waals surface area contributed by atoms with Gasteiger partial charge in [-0.2, -0.15) is 0 Å². The Morgan fingerprint density at radius 3 is 2.67 bits per heavy atom. The van der Waals surface area contributed by atoms with Crippen molar-refractivity contribution in [3.05, 3.63) is 18.4 Å². The molecule has 0 unspecified atom stereocenters. The Morgan fingerprint density at radius 2 is 2.33 bits per heavy atom. The molecule has 0 aromatic heterocycles. The first kappa shape index (κ1) is 11.2. The fourth-order valence-corrected chi connectivity index (χ4v) is 2.35. The summed E-state index contributed by atoms with van der Waals surface area (Å²) in [7, 11) is -0.971. The smallest absolute Gasteiger partial charge is 0.325 e. The highest BCUT2D eigenvalue weighted by Crippen LogP contribution is 2.12. The van der Waals surface area contributed by atoms with Crippen molar-refractivity contribution in [3.8, 4) is 0 Å². The molecule has 0 rings (SSSR count). The summed E-state index contributed by atoms with van der Waals surface area (Å²) in [4.78, 5) is 11.0. The molecule has 0 saturated carbocycles. The first-order valence-electron chi connectivity index (χ1n) is 4.05. The Kier molecular flexibility index (Phi) is 5.42. The molecule has 0 saturated heterocycles. The zero-order valence-corrected chi connectivity index (χ0v) is 8.89. The average Bonchev–Trinajstić information content (AvgIpc) is 2.00. The molecule has 0 aliphatic rings. The van der Waals surface area contributed by atoms with Gasteiger partial charge in [0.15, 0.2) is 0 Å². The van der Waals surface area contributed by atoms with E-state index >= 15 is 0 Å². The lowest BCUT2D eigenvalue weighted by atomic mass is 10.6. The van der Waals surface area contributed by atoms with Gasteiger partial charge in [0.25, 0.3) is 9.04 Å². The third-order valence-corrected chi connectivity index (χ3v) is 3.89. The van der Waals surface area contributed by atoms with Gasteiger partial charge in [-0.15, -0.1) is 5.73 Å². The summed E-state index contributed by atoms with van der Waals surface area (Å²) in [5, 5.41) is 0. The van der Waals surface area contributed by atoms with Crippen molar-refractivity contribution in [1.82, 2.24) is 0 Å². The monoisotopic (exact) mass is 183 g/mol. The molecular weight excluding hydrogens is 168 g/mol. The second-order valence-corrected chi connectivity index (χ2v) is 5.74. The summed E-state index contributed by atoms with van der Waals surface area (Å²) in [6.45, 7) is 9.49. The normalized spacial score (nSPS) is 9.75. The van der Waals surface area contributed by atoms with E-state index in [4.69, 9.17) is 4.43 Å². The maximum Gasteiger partial charge on any atom is 0.325 e. The van der Waals surface area contributed by atoms with Crippen LogP contribution in [0.4, 0.5) is 0 Å². The third kappa shape index (κ3) is 4.16. The Balaban J connectivity index is 4.02. The Labute approximate surface area is 75.7 Å². The van der Waals surface area contributed by atoms with Crippen LogP contribution in [0.2, 0.25) is 11.6 Å². The Morgan fingerprint density at radius 1 is 1.75 bits per heavy atom. The van der Waals surface area contributed by atoms with Gasteiger partial charge in [-0.25, -0.2) is 4.79 Å². The van der Waals surface area contributed by atoms with Gasteiger partial charge in [0.1, 0.15) is 0 Å². The minimum Gasteiger partial charge on any atom is -0.514 e. The first-order chi connectivity index (χ1) is 5.61. The highest BCUT2D eigenvalue weighted by atomic mass is 28.3. The predicted molar refractivity (Wildman–Crippen MR) is 51.1 cm³/mol. The van der Waals surface area contributed by atoms with Crippen LogP contribution in [-0.4, -0.2) is 15.0 Å². The molecule has 0 amide bonds. The number of rotatable bonds is 4. The van der Waals surface area contributed by atoms with Crippen molar-refractivity contribution in [2.24, 2.45) is 0 Å². The summed E-state index contributed by atoms with van der Waals surface area (Å²) in [5.41, 5.74) is 2.86. The van der Waals surface area contributed by atoms with Crippen LogP contribution in [0.3, 0.4) is 0 Å². The van der Waals surface area contributed by atoms with E-state index in [1.807, 2.05) is 6.92 Å². The van der Waals surface area contributed by atoms with E-state index in [0.717, 1.165) is 6.04 Å². The van der Waals surface area contributed by atoms with Crippen LogP contribution in [0.1, 0.15) is 20.8 Å². The van der Waals surface area contributed by atoms with E-state index in [0.29, 0.717) is 5.54 Å². The van der Waals surface area contributed by atoms with E-state index < -0.39 is 9.04 Å². The molecule has 0 aromatic rings. The topological polar surface area (TPSA) is 26.3 Å². The second kappa shape index (κ2) is 5.81. The van der Waals surface area contributed by atoms with E-state index in [9.17, 15) is 4.79 Å². The van der Waals surface area contributed by atoms with Gasteiger partial charge in [0.05, 0.1) is 6.08 Å². The molecular formula is C9H15O2Si. The summed E-state index contributed by atoms with van der Waals surface area (Å²) >= 11 is 0. The van der Waals surface area contributed by atoms with Gasteiger partial charge in [-0.3, -0.25) is 0 Å². The van der Waals surface area contributed by atoms with Crippen LogP contribution in [0.25, 0.3) is 0 Å². The summed E-state index contributed by atoms with van der Waals surface area (Å²) in [5.74, 6) is -0.311. The molecule has 0 atom stereocenters. The number of hydrogen-bond acceptors (Lipinski definition) is 2. The molecule has 0 aliphatic carbocycles. The first-order valence-corrected chi connectivity index (χ1v) is 5.74. The molecule has 1 radical (unpaired) electrons. The lowest BCUT2D eigenvalue weighted by molar-refractivity contribution is -0.129. The minimum absolute atomic E-state index is 0.311. The molecule has 12 heavy (non-hydrogen) atoms. The number of carbonyl (C=O) groups is 1. The number of hydrogen-bond donors (Lipinski definition) is 0. The maximum atomic E-state index is 11.0. The van der Waals surface area contributed by atoms with Crippen molar-refractivity contribution < 1.29 is 9.22 Å². The lowest BCUT2D eigenvalue weighted by Gasteiger charge is -2.14. The van der Waals surface area contributed by atoms with Gasteiger partial charge in [0.2, 0.25) is 0 Å². The zero-order chi connectivity index (χ0) is 9.56. The SMILES string of the molecule is C=C=CC(=O)O[Si](CC)C(C)C. The summed E-state index contributed by atoms with van der Waals surface area (Å²) in [6.07, 6.45) is 1.24. The van der Waals surface area contributed by atoms with Crippen LogP contribution >= 0.6 is 0 Å². The van der Waals surface area contributed by atoms with Gasteiger partial charge in [0, 0.05) is 0 Å². The van der Waals surface area contributed by atoms with E-state index in [1.165, 1.54) is 6.08 Å². The molecule has 0 spiro atoms. The average molecular weight is 183 g/mol. The minimum atomic E-state index is -0.971. The standard InChI is InChI=1S/C9H15O2Si/c1-5-7-9(10)11-12(6-2)8(3)4/h7-8H,1,6H2,2-4H3. The van der Waals surface area contributed by atoms with E-state index in [-0.39, 0.29) is 5.97 Å². The van der Waals surface area contributed by atoms with Crippen molar-refractivity contribution in [2.45, 2.75) is 32.4 Å². The molecule has 0 heterocycles. The van der Waals surface area contributed by atoms with Crippen molar-refractivity contribution in [2.75, 3.05) is 0 Å². The quantitative estimate of drug-likeness (QED) is 0.380. The van der Waals surface area contributed by atoms with Crippen molar-refractivity contribution >= 4 is 15.0 Å². The Hall–Kier alpha value is -0.793. The molecule has 0 fully saturated rings. The van der Waals surface area contributed by atoms with Crippen LogP contribution in [-0.2, 0) is 9.22 Å². The molecule has 0 aromatic carbocycles. The fourth-order valence-electron chi connectivity index (χ4n) is 0.840. The highest BCUT2D eigenvalue weighted by Gasteiger charge is 2.18. The van der Waals surface area contributed by atoms with E-state index in [1.54, 1.807) is 0 Å². The predicted octanol–water partition coefficient (Wildman–Crippen LogP) is 2.29.